The fraction of sp³-hybridized carbons (Fsp3) is 0.100. The molecule has 0 aliphatic carbocycles. The van der Waals surface area contributed by atoms with Gasteiger partial charge in [0.25, 0.3) is 11.8 Å². The molecule has 0 atom stereocenters. The number of rotatable bonds is 5. The van der Waals surface area contributed by atoms with Crippen LogP contribution in [0.5, 0.6) is 11.5 Å². The van der Waals surface area contributed by atoms with Crippen molar-refractivity contribution in [3.63, 3.8) is 0 Å². The summed E-state index contributed by atoms with van der Waals surface area (Å²) in [5.41, 5.74) is 1.69. The van der Waals surface area contributed by atoms with E-state index in [0.29, 0.717) is 21.2 Å². The molecule has 0 aromatic heterocycles. The maximum absolute atomic E-state index is 12.3. The lowest BCUT2D eigenvalue weighted by atomic mass is 9.95. The molecule has 11 heteroatoms. The fourth-order valence-corrected chi connectivity index (χ4v) is 3.50. The number of ether oxygens (including phenoxy) is 2. The van der Waals surface area contributed by atoms with E-state index in [1.54, 1.807) is 24.3 Å². The summed E-state index contributed by atoms with van der Waals surface area (Å²) in [7, 11) is 0. The summed E-state index contributed by atoms with van der Waals surface area (Å²) in [5.74, 6) is -7.50. The number of hydrogen-bond acceptors (Lipinski definition) is 7. The number of benzene rings is 2. The molecule has 2 aromatic rings. The van der Waals surface area contributed by atoms with Crippen molar-refractivity contribution in [3.05, 3.63) is 63.8 Å². The lowest BCUT2D eigenvalue weighted by molar-refractivity contribution is -0.194. The van der Waals surface area contributed by atoms with Crippen LogP contribution in [-0.4, -0.2) is 39.8 Å². The molecule has 4 N–H and O–H groups in total. The van der Waals surface area contributed by atoms with Crippen molar-refractivity contribution in [2.45, 2.75) is 12.3 Å². The Morgan fingerprint density at radius 3 is 2.42 bits per heavy atom. The van der Waals surface area contributed by atoms with Crippen molar-refractivity contribution >= 4 is 45.3 Å². The van der Waals surface area contributed by atoms with E-state index >= 15 is 0 Å². The molecular weight excluding hydrogens is 476 g/mol. The lowest BCUT2D eigenvalue weighted by Gasteiger charge is -2.18. The van der Waals surface area contributed by atoms with Crippen LogP contribution in [0.15, 0.2) is 47.1 Å². The first-order chi connectivity index (χ1) is 14.7. The van der Waals surface area contributed by atoms with Gasteiger partial charge in [0.05, 0.1) is 5.57 Å². The van der Waals surface area contributed by atoms with Crippen LogP contribution in [0.3, 0.4) is 0 Å². The highest BCUT2D eigenvalue weighted by molar-refractivity contribution is 9.10. The third-order valence-electron chi connectivity index (χ3n) is 4.62. The molecule has 2 heterocycles. The molecule has 4 rings (SSSR count). The zero-order valence-electron chi connectivity index (χ0n) is 15.5. The summed E-state index contributed by atoms with van der Waals surface area (Å²) < 4.78 is 10.8. The Kier molecular flexibility index (Phi) is 4.90. The van der Waals surface area contributed by atoms with Gasteiger partial charge in [-0.15, -0.1) is 0 Å². The van der Waals surface area contributed by atoms with Gasteiger partial charge in [-0.3, -0.25) is 14.9 Å². The van der Waals surface area contributed by atoms with Crippen LogP contribution >= 0.6 is 15.9 Å². The third-order valence-corrected chi connectivity index (χ3v) is 5.11. The van der Waals surface area contributed by atoms with Crippen LogP contribution in [0.1, 0.15) is 21.5 Å². The van der Waals surface area contributed by atoms with E-state index in [0.717, 1.165) is 0 Å². The normalized spacial score (nSPS) is 17.1. The Bertz CT molecular complexity index is 1180. The maximum atomic E-state index is 12.3. The lowest BCUT2D eigenvalue weighted by Crippen LogP contribution is -2.54. The zero-order chi connectivity index (χ0) is 22.3. The molecule has 158 valence electrons. The first kappa shape index (κ1) is 20.4. The number of carbonyl (C=O) groups is 4. The van der Waals surface area contributed by atoms with Crippen LogP contribution < -0.4 is 20.1 Å². The molecule has 2 amide bonds. The predicted molar refractivity (Wildman–Crippen MR) is 107 cm³/mol. The fourth-order valence-electron chi connectivity index (χ4n) is 3.13. The van der Waals surface area contributed by atoms with Gasteiger partial charge in [0.1, 0.15) is 0 Å². The third kappa shape index (κ3) is 3.48. The molecule has 2 aliphatic rings. The molecule has 0 radical (unpaired) electrons. The highest BCUT2D eigenvalue weighted by Crippen LogP contribution is 2.40. The molecule has 0 bridgehead atoms. The number of halogens is 1. The van der Waals surface area contributed by atoms with Crippen LogP contribution in [0, 0.1) is 0 Å². The summed E-state index contributed by atoms with van der Waals surface area (Å²) >= 11 is 3.32. The molecule has 0 saturated carbocycles. The van der Waals surface area contributed by atoms with Gasteiger partial charge in [-0.1, -0.05) is 22.0 Å². The number of aliphatic carboxylic acids is 2. The first-order valence-electron chi connectivity index (χ1n) is 8.78. The van der Waals surface area contributed by atoms with E-state index in [1.807, 2.05) is 0 Å². The number of carbonyl (C=O) groups excluding carboxylic acids is 2. The van der Waals surface area contributed by atoms with E-state index in [9.17, 15) is 29.4 Å². The van der Waals surface area contributed by atoms with E-state index < -0.39 is 29.5 Å². The van der Waals surface area contributed by atoms with E-state index in [2.05, 4.69) is 26.6 Å². The minimum Gasteiger partial charge on any atom is -0.475 e. The van der Waals surface area contributed by atoms with Gasteiger partial charge in [-0.2, -0.15) is 0 Å². The summed E-state index contributed by atoms with van der Waals surface area (Å²) in [6.45, 7) is 0.192. The van der Waals surface area contributed by atoms with Crippen molar-refractivity contribution in [1.82, 2.24) is 10.6 Å². The second kappa shape index (κ2) is 7.43. The average molecular weight is 489 g/mol. The number of carboxylic acids is 2. The number of amides is 2. The molecule has 10 nitrogen and oxygen atoms in total. The molecule has 2 aliphatic heterocycles. The highest BCUT2D eigenvalue weighted by Gasteiger charge is 2.57. The summed E-state index contributed by atoms with van der Waals surface area (Å²) in [5, 5.41) is 23.6. The summed E-state index contributed by atoms with van der Waals surface area (Å²) in [4.78, 5) is 46.9. The molecule has 0 fully saturated rings. The van der Waals surface area contributed by atoms with Gasteiger partial charge in [0.15, 0.2) is 11.5 Å². The minimum atomic E-state index is -2.83. The van der Waals surface area contributed by atoms with Crippen molar-refractivity contribution < 1.29 is 38.9 Å². The summed E-state index contributed by atoms with van der Waals surface area (Å²) in [6, 6.07) is 9.37. The maximum Gasteiger partial charge on any atom is 0.453 e. The smallest absolute Gasteiger partial charge is 0.453 e. The molecule has 0 spiro atoms. The SMILES string of the molecule is O=C1NC(=O)c2ccc(Br)cc2/C1=C/NCc1ccc2c(c1)OC(C(=O)O)(C(=O)O)O2. The quantitative estimate of drug-likeness (QED) is 0.278. The number of fused-ring (bicyclic) bond motifs is 2. The number of hydrogen-bond donors (Lipinski definition) is 4. The van der Waals surface area contributed by atoms with Gasteiger partial charge < -0.3 is 25.0 Å². The minimum absolute atomic E-state index is 0.0177. The second-order valence-electron chi connectivity index (χ2n) is 6.62. The Labute approximate surface area is 182 Å². The molecule has 2 aromatic carbocycles. The van der Waals surface area contributed by atoms with Gasteiger partial charge >= 0.3 is 17.7 Å². The van der Waals surface area contributed by atoms with Gasteiger partial charge in [-0.05, 0) is 35.9 Å². The largest absolute Gasteiger partial charge is 0.475 e. The Morgan fingerprint density at radius 1 is 1.00 bits per heavy atom. The van der Waals surface area contributed by atoms with Crippen LogP contribution in [0.2, 0.25) is 0 Å². The topological polar surface area (TPSA) is 151 Å². The Balaban J connectivity index is 1.54. The van der Waals surface area contributed by atoms with Gasteiger partial charge in [0, 0.05) is 28.3 Å². The van der Waals surface area contributed by atoms with Gasteiger partial charge in [-0.25, -0.2) is 9.59 Å². The predicted octanol–water partition coefficient (Wildman–Crippen LogP) is 1.49. The number of imide groups is 1. The van der Waals surface area contributed by atoms with Crippen LogP contribution in [-0.2, 0) is 20.9 Å². The van der Waals surface area contributed by atoms with Crippen molar-refractivity contribution in [3.8, 4) is 11.5 Å². The Morgan fingerprint density at radius 2 is 1.71 bits per heavy atom. The molecule has 31 heavy (non-hydrogen) atoms. The zero-order valence-corrected chi connectivity index (χ0v) is 17.1. The van der Waals surface area contributed by atoms with Crippen LogP contribution in [0.25, 0.3) is 5.57 Å². The van der Waals surface area contributed by atoms with Crippen molar-refractivity contribution in [2.24, 2.45) is 0 Å². The van der Waals surface area contributed by atoms with E-state index in [4.69, 9.17) is 9.47 Å². The summed E-state index contributed by atoms with van der Waals surface area (Å²) in [6.07, 6.45) is 1.45. The average Bonchev–Trinajstić information content (AvgIpc) is 3.11. The first-order valence-corrected chi connectivity index (χ1v) is 9.57. The van der Waals surface area contributed by atoms with E-state index in [1.165, 1.54) is 18.3 Å². The standard InChI is InChI=1S/C20H13BrN2O8/c21-10-2-3-11-12(6-10)13(17(25)23-16(11)24)8-22-7-9-1-4-14-15(5-9)31-20(30-14,18(26)27)19(28)29/h1-6,8,22H,7H2,(H,26,27)(H,28,29)(H,23,24,25)/b13-8-. The number of nitrogens with one attached hydrogen (secondary N) is 2. The van der Waals surface area contributed by atoms with Crippen LogP contribution in [0.4, 0.5) is 0 Å². The van der Waals surface area contributed by atoms with Gasteiger partial charge in [0.2, 0.25) is 0 Å². The molecule has 0 saturated heterocycles. The molecular formula is C20H13BrN2O8. The Hall–Kier alpha value is -3.86. The van der Waals surface area contributed by atoms with E-state index in [-0.39, 0.29) is 23.6 Å². The van der Waals surface area contributed by atoms with Crippen molar-refractivity contribution in [1.29, 1.82) is 0 Å². The molecule has 0 unspecified atom stereocenters. The highest BCUT2D eigenvalue weighted by atomic mass is 79.9. The monoisotopic (exact) mass is 488 g/mol. The van der Waals surface area contributed by atoms with Crippen molar-refractivity contribution in [2.75, 3.05) is 0 Å². The second-order valence-corrected chi connectivity index (χ2v) is 7.54. The number of carboxylic acid groups (broad SMARTS) is 2.